The standard InChI is InChI=1S/C12H20ClN3O2S/c1-9(2)5-12(3,8-14)16-19(17,18)11-4-10(13)6-15-7-11/h4,6-7,9,16H,5,8,14H2,1-3H3. The van der Waals surface area contributed by atoms with Gasteiger partial charge in [0.25, 0.3) is 0 Å². The van der Waals surface area contributed by atoms with Gasteiger partial charge in [-0.2, -0.15) is 0 Å². The zero-order valence-electron chi connectivity index (χ0n) is 11.4. The maximum absolute atomic E-state index is 12.3. The first-order valence-electron chi connectivity index (χ1n) is 6.03. The van der Waals surface area contributed by atoms with E-state index in [2.05, 4.69) is 9.71 Å². The monoisotopic (exact) mass is 305 g/mol. The third-order valence-electron chi connectivity index (χ3n) is 2.68. The van der Waals surface area contributed by atoms with Crippen LogP contribution in [0.1, 0.15) is 27.2 Å². The number of nitrogens with two attached hydrogens (primary N) is 1. The fourth-order valence-corrected chi connectivity index (χ4v) is 3.64. The number of rotatable bonds is 6. The molecule has 0 aromatic carbocycles. The van der Waals surface area contributed by atoms with Crippen molar-refractivity contribution < 1.29 is 8.42 Å². The summed E-state index contributed by atoms with van der Waals surface area (Å²) in [7, 11) is -3.68. The third-order valence-corrected chi connectivity index (χ3v) is 4.49. The van der Waals surface area contributed by atoms with Crippen LogP contribution in [0.15, 0.2) is 23.4 Å². The highest BCUT2D eigenvalue weighted by Gasteiger charge is 2.30. The van der Waals surface area contributed by atoms with Crippen LogP contribution in [0.2, 0.25) is 5.02 Å². The minimum Gasteiger partial charge on any atom is -0.329 e. The Hall–Kier alpha value is -0.690. The second-order valence-corrected chi connectivity index (χ2v) is 7.43. The van der Waals surface area contributed by atoms with E-state index in [1.807, 2.05) is 13.8 Å². The second-order valence-electron chi connectivity index (χ2n) is 5.31. The summed E-state index contributed by atoms with van der Waals surface area (Å²) in [6, 6.07) is 1.36. The number of nitrogens with one attached hydrogen (secondary N) is 1. The molecular formula is C12H20ClN3O2S. The van der Waals surface area contributed by atoms with Gasteiger partial charge in [-0.25, -0.2) is 13.1 Å². The molecule has 0 bridgehead atoms. The second kappa shape index (κ2) is 6.17. The predicted octanol–water partition coefficient (Wildman–Crippen LogP) is 1.78. The van der Waals surface area contributed by atoms with Crippen molar-refractivity contribution in [1.82, 2.24) is 9.71 Å². The molecule has 7 heteroatoms. The number of aromatic nitrogens is 1. The van der Waals surface area contributed by atoms with Gasteiger partial charge >= 0.3 is 0 Å². The van der Waals surface area contributed by atoms with Crippen molar-refractivity contribution in [3.63, 3.8) is 0 Å². The van der Waals surface area contributed by atoms with Crippen molar-refractivity contribution in [3.05, 3.63) is 23.5 Å². The molecule has 1 rings (SSSR count). The molecule has 108 valence electrons. The number of nitrogens with zero attached hydrogens (tertiary/aromatic N) is 1. The molecular weight excluding hydrogens is 286 g/mol. The lowest BCUT2D eigenvalue weighted by atomic mass is 9.92. The summed E-state index contributed by atoms with van der Waals surface area (Å²) in [6.07, 6.45) is 3.30. The summed E-state index contributed by atoms with van der Waals surface area (Å²) in [5, 5.41) is 0.279. The van der Waals surface area contributed by atoms with Gasteiger partial charge in [-0.15, -0.1) is 0 Å². The average Bonchev–Trinajstić information content (AvgIpc) is 2.27. The lowest BCUT2D eigenvalue weighted by Gasteiger charge is -2.30. The Labute approximate surface area is 119 Å². The first-order valence-corrected chi connectivity index (χ1v) is 7.89. The number of sulfonamides is 1. The summed E-state index contributed by atoms with van der Waals surface area (Å²) in [5.41, 5.74) is 5.02. The molecule has 0 amide bonds. The van der Waals surface area contributed by atoms with Gasteiger partial charge in [0, 0.05) is 24.5 Å². The molecule has 5 nitrogen and oxygen atoms in total. The zero-order chi connectivity index (χ0) is 14.7. The van der Waals surface area contributed by atoms with E-state index in [0.29, 0.717) is 12.3 Å². The number of pyridine rings is 1. The first-order chi connectivity index (χ1) is 8.68. The number of hydrogen-bond acceptors (Lipinski definition) is 4. The molecule has 0 saturated heterocycles. The van der Waals surface area contributed by atoms with Gasteiger partial charge in [0.1, 0.15) is 4.90 Å². The van der Waals surface area contributed by atoms with Crippen LogP contribution in [0, 0.1) is 5.92 Å². The molecule has 0 fully saturated rings. The van der Waals surface area contributed by atoms with E-state index in [4.69, 9.17) is 17.3 Å². The smallest absolute Gasteiger partial charge is 0.242 e. The highest BCUT2D eigenvalue weighted by atomic mass is 35.5. The normalized spacial score (nSPS) is 15.5. The predicted molar refractivity (Wildman–Crippen MR) is 76.5 cm³/mol. The van der Waals surface area contributed by atoms with Crippen molar-refractivity contribution in [2.24, 2.45) is 11.7 Å². The minimum atomic E-state index is -3.68. The maximum Gasteiger partial charge on any atom is 0.242 e. The highest BCUT2D eigenvalue weighted by Crippen LogP contribution is 2.20. The number of hydrogen-bond donors (Lipinski definition) is 2. The van der Waals surface area contributed by atoms with Crippen LogP contribution in [0.3, 0.4) is 0 Å². The fourth-order valence-electron chi connectivity index (χ4n) is 1.99. The summed E-state index contributed by atoms with van der Waals surface area (Å²) in [5.74, 6) is 0.328. The Morgan fingerprint density at radius 3 is 2.58 bits per heavy atom. The van der Waals surface area contributed by atoms with Crippen molar-refractivity contribution in [1.29, 1.82) is 0 Å². The Morgan fingerprint density at radius 1 is 1.47 bits per heavy atom. The topological polar surface area (TPSA) is 85.1 Å². The van der Waals surface area contributed by atoms with Crippen molar-refractivity contribution in [2.45, 2.75) is 37.6 Å². The molecule has 1 atom stereocenters. The Balaban J connectivity index is 3.01. The molecule has 0 saturated carbocycles. The fraction of sp³-hybridized carbons (Fsp3) is 0.583. The summed E-state index contributed by atoms with van der Waals surface area (Å²) in [4.78, 5) is 3.83. The van der Waals surface area contributed by atoms with Gasteiger partial charge in [-0.05, 0) is 25.3 Å². The zero-order valence-corrected chi connectivity index (χ0v) is 12.9. The summed E-state index contributed by atoms with van der Waals surface area (Å²) >= 11 is 5.76. The number of halogens is 1. The van der Waals surface area contributed by atoms with E-state index in [-0.39, 0.29) is 16.5 Å². The quantitative estimate of drug-likeness (QED) is 0.839. The first kappa shape index (κ1) is 16.4. The van der Waals surface area contributed by atoms with Crippen LogP contribution in [0.5, 0.6) is 0 Å². The average molecular weight is 306 g/mol. The Kier molecular flexibility index (Phi) is 5.32. The van der Waals surface area contributed by atoms with Gasteiger partial charge in [0.05, 0.1) is 5.02 Å². The van der Waals surface area contributed by atoms with E-state index in [9.17, 15) is 8.42 Å². The molecule has 1 aromatic heterocycles. The van der Waals surface area contributed by atoms with Gasteiger partial charge < -0.3 is 5.73 Å². The van der Waals surface area contributed by atoms with Gasteiger partial charge in [0.2, 0.25) is 10.0 Å². The molecule has 19 heavy (non-hydrogen) atoms. The van der Waals surface area contributed by atoms with Crippen LogP contribution < -0.4 is 10.5 Å². The molecule has 0 aliphatic carbocycles. The SMILES string of the molecule is CC(C)CC(C)(CN)NS(=O)(=O)c1cncc(Cl)c1. The van der Waals surface area contributed by atoms with Gasteiger partial charge in [-0.3, -0.25) is 4.98 Å². The van der Waals surface area contributed by atoms with Crippen molar-refractivity contribution >= 4 is 21.6 Å². The Morgan fingerprint density at radius 2 is 2.11 bits per heavy atom. The van der Waals surface area contributed by atoms with E-state index < -0.39 is 15.6 Å². The molecule has 3 N–H and O–H groups in total. The summed E-state index contributed by atoms with van der Waals surface area (Å²) < 4.78 is 27.2. The van der Waals surface area contributed by atoms with Crippen LogP contribution in [-0.4, -0.2) is 25.5 Å². The molecule has 1 heterocycles. The van der Waals surface area contributed by atoms with Gasteiger partial charge in [-0.1, -0.05) is 25.4 Å². The van der Waals surface area contributed by atoms with Crippen LogP contribution in [0.25, 0.3) is 0 Å². The highest BCUT2D eigenvalue weighted by molar-refractivity contribution is 7.89. The molecule has 0 aliphatic rings. The largest absolute Gasteiger partial charge is 0.329 e. The molecule has 1 unspecified atom stereocenters. The molecule has 0 spiro atoms. The Bertz CT molecular complexity index is 534. The van der Waals surface area contributed by atoms with Crippen molar-refractivity contribution in [3.8, 4) is 0 Å². The third kappa shape index (κ3) is 4.72. The molecule has 0 radical (unpaired) electrons. The van der Waals surface area contributed by atoms with Crippen LogP contribution >= 0.6 is 11.6 Å². The van der Waals surface area contributed by atoms with Crippen LogP contribution in [0.4, 0.5) is 0 Å². The molecule has 0 aliphatic heterocycles. The van der Waals surface area contributed by atoms with E-state index in [1.54, 1.807) is 6.92 Å². The lowest BCUT2D eigenvalue weighted by Crippen LogP contribution is -2.52. The van der Waals surface area contributed by atoms with E-state index in [1.165, 1.54) is 18.5 Å². The van der Waals surface area contributed by atoms with Gasteiger partial charge in [0.15, 0.2) is 0 Å². The maximum atomic E-state index is 12.3. The molecule has 1 aromatic rings. The summed E-state index contributed by atoms with van der Waals surface area (Å²) in [6.45, 7) is 6.05. The lowest BCUT2D eigenvalue weighted by molar-refractivity contribution is 0.344. The van der Waals surface area contributed by atoms with Crippen LogP contribution in [-0.2, 0) is 10.0 Å². The minimum absolute atomic E-state index is 0.0448. The van der Waals surface area contributed by atoms with E-state index >= 15 is 0 Å². The van der Waals surface area contributed by atoms with Crippen molar-refractivity contribution in [2.75, 3.05) is 6.54 Å². The van der Waals surface area contributed by atoms with E-state index in [0.717, 1.165) is 0 Å².